The molecule has 12 aliphatic rings. The van der Waals surface area contributed by atoms with E-state index < -0.39 is 110 Å². The number of rotatable bonds is 8. The smallest absolute Gasteiger partial charge is 0.550 e. The third kappa shape index (κ3) is 13.9. The molecule has 2 spiro atoms. The number of aliphatic carboxylic acids is 1. The molecule has 10 aromatic carbocycles. The molecule has 0 bridgehead atoms. The first-order chi connectivity index (χ1) is 56.8. The molecular formula is C88H68N5NaO28. The van der Waals surface area contributed by atoms with Crippen molar-refractivity contribution in [1.29, 1.82) is 0 Å². The number of fused-ring (bicyclic) bond motifs is 11. The zero-order valence-electron chi connectivity index (χ0n) is 61.0. The fourth-order valence-corrected chi connectivity index (χ4v) is 15.9. The number of carboxylic acids is 1. The second-order valence-corrected chi connectivity index (χ2v) is 27.4. The molecule has 0 aromatic heterocycles. The summed E-state index contributed by atoms with van der Waals surface area (Å²) in [5, 5.41) is 15.6. The quantitative estimate of drug-likeness (QED) is 0.0477. The summed E-state index contributed by atoms with van der Waals surface area (Å²) in [5.41, 5.74) is 5.61. The van der Waals surface area contributed by atoms with E-state index in [4.69, 9.17) is 71.8 Å². The van der Waals surface area contributed by atoms with E-state index in [1.54, 1.807) is 127 Å². The number of imide groups is 2. The number of carboxylic acid groups (broad SMARTS) is 1. The Morgan fingerprint density at radius 2 is 0.795 bits per heavy atom. The van der Waals surface area contributed by atoms with Crippen molar-refractivity contribution in [3.8, 4) is 69.0 Å². The summed E-state index contributed by atoms with van der Waals surface area (Å²) in [7, 11) is 0. The van der Waals surface area contributed by atoms with Crippen LogP contribution in [0.2, 0.25) is 0 Å². The topological polar surface area (TPSA) is 429 Å². The molecule has 0 radical (unpaired) electrons. The molecule has 34 heteroatoms. The number of aldehydes is 1. The number of Topliss-reactive ketones (excluding diaryl/α,β-unsaturated/α-hetero) is 4. The predicted molar refractivity (Wildman–Crippen MR) is 418 cm³/mol. The van der Waals surface area contributed by atoms with Crippen molar-refractivity contribution in [2.75, 3.05) is 55.9 Å². The van der Waals surface area contributed by atoms with Crippen LogP contribution in [0, 0.1) is 23.7 Å². The van der Waals surface area contributed by atoms with Crippen LogP contribution in [0.5, 0.6) is 69.0 Å². The maximum absolute atomic E-state index is 14.1. The van der Waals surface area contributed by atoms with Gasteiger partial charge >= 0.3 is 34.9 Å². The molecule has 1 N–H and O–H groups in total. The van der Waals surface area contributed by atoms with Gasteiger partial charge in [0.1, 0.15) is 6.29 Å². The minimum Gasteiger partial charge on any atom is -0.550 e. The molecule has 614 valence electrons. The Labute approximate surface area is 713 Å². The Kier molecular flexibility index (Phi) is 23.6. The number of benzene rings is 9. The van der Waals surface area contributed by atoms with Crippen LogP contribution in [0.4, 0.5) is 17.1 Å². The fraction of sp³-hybridized carbons (Fsp3) is 0.205. The van der Waals surface area contributed by atoms with Crippen molar-refractivity contribution < 1.29 is 159 Å². The number of ether oxygens (including phenoxy) is 14. The molecule has 6 atom stereocenters. The van der Waals surface area contributed by atoms with Crippen LogP contribution in [0.1, 0.15) is 105 Å². The zero-order valence-corrected chi connectivity index (χ0v) is 63.0. The second-order valence-electron chi connectivity index (χ2n) is 27.4. The Hall–Kier alpha value is -14.5. The average Bonchev–Trinajstić information content (AvgIpc) is 1.51. The minimum absolute atomic E-state index is 0. The van der Waals surface area contributed by atoms with Crippen molar-refractivity contribution in [3.05, 3.63) is 264 Å². The van der Waals surface area contributed by atoms with E-state index in [9.17, 15) is 67.4 Å². The van der Waals surface area contributed by atoms with Crippen LogP contribution in [0.15, 0.2) is 204 Å². The van der Waals surface area contributed by atoms with E-state index >= 15 is 0 Å². The Morgan fingerprint density at radius 3 is 1.24 bits per heavy atom. The van der Waals surface area contributed by atoms with Gasteiger partial charge in [-0.05, 0) is 102 Å². The molecule has 3 saturated heterocycles. The first-order valence-corrected chi connectivity index (χ1v) is 35.7. The molecule has 10 aromatic rings. The van der Waals surface area contributed by atoms with Crippen molar-refractivity contribution in [1.82, 2.24) is 0 Å². The molecule has 5 amide bonds. The van der Waals surface area contributed by atoms with Crippen LogP contribution < -0.4 is 123 Å². The first kappa shape index (κ1) is 85.4. The summed E-state index contributed by atoms with van der Waals surface area (Å²) in [4.78, 5) is 170. The van der Waals surface area contributed by atoms with Gasteiger partial charge in [-0.25, -0.2) is 9.80 Å². The summed E-state index contributed by atoms with van der Waals surface area (Å²) in [6.45, 7) is 0.487. The Morgan fingerprint density at radius 1 is 0.426 bits per heavy atom. The standard InChI is InChI=1S/C28H19NO10.C28H17NO9.C11H7NO4.C9H4N2O2.C8H6O3.4CH4.Na/c30-24-15-3-1-2-4-16(15)25(31)28(24)22(27(33)34)21(23(39-28)13-5-7-17-19(9-13)37-11-35-17)26(32)29-14-6-8-18-20(10-14)38-12-36-18;30-24-15-3-1-2-4-16(15)25(31)28(24)22-21(23(38-28)13-5-7-17-19(9-13)36-11-34-17)26(32)29(27(22)33)14-6-8-18-20(10-14)37-12-35-18;13-10-3-4-11(14)12(10)7-1-2-8-9(5-7)16-6-15-8;10-11-7-8(12)5-3-1-2-4-6(5)9(7)13;9-4-6-1-2-7-8(3-6)11-5-10-7;;;;;/h1-10,21-23H,11-12H2,(H,29,32)(H,33,34);1-10,21-23H,11-12H2;1-5H,6H2;1-4H;1-4H,5H2;4*1H4;/q;;;;;;;;;+1/p-1. The normalized spacial score (nSPS) is 19.9. The maximum Gasteiger partial charge on any atom is 1.00 e. The molecule has 6 unspecified atom stereocenters. The number of hydrogen-bond acceptors (Lipinski definition) is 28. The van der Waals surface area contributed by atoms with Crippen molar-refractivity contribution in [3.63, 3.8) is 0 Å². The van der Waals surface area contributed by atoms with Gasteiger partial charge in [0.15, 0.2) is 69.0 Å². The third-order valence-electron chi connectivity index (χ3n) is 21.2. The van der Waals surface area contributed by atoms with Crippen LogP contribution in [0.25, 0.3) is 16.3 Å². The number of carbonyl (C=O) groups excluding carboxylic acids is 11. The van der Waals surface area contributed by atoms with Gasteiger partial charge in [0.05, 0.1) is 47.3 Å². The third-order valence-corrected chi connectivity index (χ3v) is 21.2. The largest absolute Gasteiger partial charge is 1.00 e. The summed E-state index contributed by atoms with van der Waals surface area (Å²) < 4.78 is 76.1. The summed E-state index contributed by atoms with van der Waals surface area (Å²) in [6, 6.07) is 47.8. The molecule has 2 aliphatic carbocycles. The molecule has 122 heavy (non-hydrogen) atoms. The van der Waals surface area contributed by atoms with E-state index in [2.05, 4.69) is 10.1 Å². The second kappa shape index (κ2) is 33.7. The van der Waals surface area contributed by atoms with Gasteiger partial charge in [0.2, 0.25) is 92.8 Å². The zero-order chi connectivity index (χ0) is 80.9. The fourth-order valence-electron chi connectivity index (χ4n) is 15.9. The van der Waals surface area contributed by atoms with E-state index in [0.717, 1.165) is 16.1 Å². The van der Waals surface area contributed by atoms with Gasteiger partial charge < -0.3 is 87.1 Å². The van der Waals surface area contributed by atoms with Crippen LogP contribution in [-0.4, -0.2) is 122 Å². The number of carbonyl (C=O) groups is 11. The van der Waals surface area contributed by atoms with Gasteiger partial charge in [-0.3, -0.25) is 57.5 Å². The minimum atomic E-state index is -2.49. The van der Waals surface area contributed by atoms with Crippen LogP contribution in [-0.2, 0) is 38.2 Å². The molecule has 10 aliphatic heterocycles. The molecule has 0 saturated carbocycles. The maximum atomic E-state index is 14.1. The van der Waals surface area contributed by atoms with Gasteiger partial charge in [0.25, 0.3) is 22.7 Å². The number of anilines is 3. The molecule has 22 rings (SSSR count). The molecule has 10 heterocycles. The van der Waals surface area contributed by atoms with E-state index in [0.29, 0.717) is 108 Å². The van der Waals surface area contributed by atoms with Crippen LogP contribution in [0.3, 0.4) is 0 Å². The van der Waals surface area contributed by atoms with Gasteiger partial charge in [0, 0.05) is 80.6 Å². The molecule has 3 fully saturated rings. The monoisotopic (exact) mass is 1670 g/mol. The van der Waals surface area contributed by atoms with Crippen molar-refractivity contribution in [2.45, 2.75) is 53.1 Å². The molecular weight excluding hydrogens is 1600 g/mol. The first-order valence-electron chi connectivity index (χ1n) is 35.7. The predicted octanol–water partition coefficient (Wildman–Crippen LogP) is 5.68. The van der Waals surface area contributed by atoms with Gasteiger partial charge in [-0.15, -0.1) is 0 Å². The Bertz CT molecular complexity index is 6170. The number of amides is 5. The van der Waals surface area contributed by atoms with E-state index in [1.807, 2.05) is 0 Å². The number of ketones is 4. The summed E-state index contributed by atoms with van der Waals surface area (Å²) >= 11 is 0. The summed E-state index contributed by atoms with van der Waals surface area (Å²) in [6.07, 6.45) is 0.882. The number of nitrogens with zero attached hydrogens (tertiary/aromatic N) is 4. The SMILES string of the molecule is C.C.C.C.O=C(Nc1ccc2c(c1)OCO2)C1C(c2ccc3c(c2)OCO3)OC2(C(=O)c3ccccc3C2=O)C1C(=O)[O-].O=C1C2C(c3ccc4c(c3)OCO4)OC3(C(=O)c4ccccc4C3=O)C2C(=O)N1c1ccc2c(c1)OCO2.O=C1C=CC(=O)N1c1ccc2c(c1)OCO2.O=Cc1ccc2c(c1)OCO2.[N-]=[N+]=c1c(=O)c2ccccc2c1=O.[Na+]. The van der Waals surface area contributed by atoms with Gasteiger partial charge in [-0.1, -0.05) is 103 Å². The van der Waals surface area contributed by atoms with E-state index in [-0.39, 0.29) is 140 Å². The summed E-state index contributed by atoms with van der Waals surface area (Å²) in [5.74, 6) is -7.32. The van der Waals surface area contributed by atoms with Crippen molar-refractivity contribution >= 4 is 92.8 Å². The van der Waals surface area contributed by atoms with Crippen LogP contribution >= 0.6 is 0 Å². The molecule has 33 nitrogen and oxygen atoms in total. The number of hydrogen-bond donors (Lipinski definition) is 1. The van der Waals surface area contributed by atoms with E-state index in [1.165, 1.54) is 66.7 Å². The Balaban J connectivity index is 0.000000142. The van der Waals surface area contributed by atoms with Gasteiger partial charge in [-0.2, -0.15) is 4.79 Å². The average molecular weight is 1670 g/mol. The number of nitrogens with one attached hydrogen (secondary N) is 1. The van der Waals surface area contributed by atoms with Crippen molar-refractivity contribution in [2.24, 2.45) is 23.7 Å².